The fourth-order valence-electron chi connectivity index (χ4n) is 1.84. The number of aliphatic imine (C=N–C) groups is 2. The molecule has 1 aliphatic heterocycles. The van der Waals surface area contributed by atoms with Crippen LogP contribution < -0.4 is 20.9 Å². The van der Waals surface area contributed by atoms with Crippen LogP contribution >= 0.6 is 0 Å². The van der Waals surface area contributed by atoms with Gasteiger partial charge in [-0.1, -0.05) is 36.9 Å². The van der Waals surface area contributed by atoms with Crippen molar-refractivity contribution >= 4 is 11.9 Å². The van der Waals surface area contributed by atoms with E-state index in [4.69, 9.17) is 20.9 Å². The van der Waals surface area contributed by atoms with Crippen LogP contribution in [0.1, 0.15) is 12.5 Å². The minimum atomic E-state index is 0.141. The Bertz CT molecular complexity index is 638. The monoisotopic (exact) mass is 331 g/mol. The summed E-state index contributed by atoms with van der Waals surface area (Å²) >= 11 is 0. The van der Waals surface area contributed by atoms with Crippen molar-refractivity contribution in [2.75, 3.05) is 20.9 Å². The second-order valence-corrected chi connectivity index (χ2v) is 4.82. The van der Waals surface area contributed by atoms with E-state index in [-0.39, 0.29) is 12.8 Å². The number of para-hydroxylation sites is 1. The summed E-state index contributed by atoms with van der Waals surface area (Å²) in [6, 6.07) is 5.73. The van der Waals surface area contributed by atoms with Crippen molar-refractivity contribution in [3.8, 4) is 11.5 Å². The van der Waals surface area contributed by atoms with Gasteiger partial charge in [-0.2, -0.15) is 4.99 Å². The first-order valence-corrected chi connectivity index (χ1v) is 7.42. The van der Waals surface area contributed by atoms with Crippen molar-refractivity contribution in [3.05, 3.63) is 48.6 Å². The molecule has 1 aromatic rings. The molecule has 1 aliphatic rings. The first-order valence-electron chi connectivity index (χ1n) is 7.42. The Balaban J connectivity index is 0.000000505. The molecule has 2 rings (SSSR count). The van der Waals surface area contributed by atoms with E-state index in [0.29, 0.717) is 12.5 Å². The van der Waals surface area contributed by atoms with Gasteiger partial charge in [0.25, 0.3) is 0 Å². The van der Waals surface area contributed by atoms with Crippen molar-refractivity contribution < 1.29 is 9.47 Å². The van der Waals surface area contributed by atoms with Gasteiger partial charge in [-0.25, -0.2) is 0 Å². The van der Waals surface area contributed by atoms with Crippen molar-refractivity contribution in [2.45, 2.75) is 13.5 Å². The molecule has 0 saturated carbocycles. The zero-order valence-corrected chi connectivity index (χ0v) is 14.4. The molecule has 0 unspecified atom stereocenters. The predicted octanol–water partition coefficient (Wildman–Crippen LogP) is 1.85. The normalized spacial score (nSPS) is 13.5. The molecule has 0 atom stereocenters. The summed E-state index contributed by atoms with van der Waals surface area (Å²) in [5.74, 6) is 1.93. The molecule has 1 heterocycles. The van der Waals surface area contributed by atoms with Crippen LogP contribution in [0.25, 0.3) is 0 Å². The third-order valence-corrected chi connectivity index (χ3v) is 3.06. The van der Waals surface area contributed by atoms with E-state index in [0.717, 1.165) is 17.1 Å². The van der Waals surface area contributed by atoms with Crippen LogP contribution in [0, 0.1) is 0 Å². The van der Waals surface area contributed by atoms with Crippen LogP contribution in [-0.2, 0) is 6.54 Å². The van der Waals surface area contributed by atoms with Crippen LogP contribution in [-0.4, -0.2) is 37.7 Å². The fraction of sp³-hybridized carbons (Fsp3) is 0.294. The molecule has 0 saturated heterocycles. The molecule has 0 spiro atoms. The molecule has 7 nitrogen and oxygen atoms in total. The minimum absolute atomic E-state index is 0.141. The SMILES string of the molecule is C=C/C=C\C.CN=C(N)/N=C(\N)N(C)Cc1cccc2c1OCO2. The van der Waals surface area contributed by atoms with E-state index in [9.17, 15) is 0 Å². The smallest absolute Gasteiger partial charge is 0.231 e. The summed E-state index contributed by atoms with van der Waals surface area (Å²) < 4.78 is 10.8. The third kappa shape index (κ3) is 5.68. The van der Waals surface area contributed by atoms with Gasteiger partial charge in [0.2, 0.25) is 12.8 Å². The van der Waals surface area contributed by atoms with Crippen molar-refractivity contribution in [3.63, 3.8) is 0 Å². The molecule has 24 heavy (non-hydrogen) atoms. The predicted molar refractivity (Wildman–Crippen MR) is 98.2 cm³/mol. The topological polar surface area (TPSA) is 98.5 Å². The molecule has 4 N–H and O–H groups in total. The van der Waals surface area contributed by atoms with E-state index < -0.39 is 0 Å². The third-order valence-electron chi connectivity index (χ3n) is 3.06. The molecule has 130 valence electrons. The van der Waals surface area contributed by atoms with Gasteiger partial charge in [-0.15, -0.1) is 0 Å². The molecule has 0 aromatic heterocycles. The first kappa shape index (κ1) is 19.1. The maximum atomic E-state index is 5.83. The van der Waals surface area contributed by atoms with Gasteiger partial charge in [-0.05, 0) is 13.0 Å². The van der Waals surface area contributed by atoms with Crippen LogP contribution in [0.15, 0.2) is 53.0 Å². The number of benzene rings is 1. The molecule has 0 aliphatic carbocycles. The van der Waals surface area contributed by atoms with E-state index in [1.54, 1.807) is 18.0 Å². The van der Waals surface area contributed by atoms with Crippen molar-refractivity contribution in [1.82, 2.24) is 4.90 Å². The summed E-state index contributed by atoms with van der Waals surface area (Å²) in [6.07, 6.45) is 5.58. The highest BCUT2D eigenvalue weighted by Crippen LogP contribution is 2.35. The Morgan fingerprint density at radius 3 is 2.71 bits per heavy atom. The average molecular weight is 331 g/mol. The largest absolute Gasteiger partial charge is 0.454 e. The van der Waals surface area contributed by atoms with Gasteiger partial charge in [0.05, 0.1) is 0 Å². The Hall–Kier alpha value is -2.96. The Morgan fingerprint density at radius 2 is 2.12 bits per heavy atom. The highest BCUT2D eigenvalue weighted by Gasteiger charge is 2.18. The number of ether oxygens (including phenoxy) is 2. The van der Waals surface area contributed by atoms with E-state index >= 15 is 0 Å². The van der Waals surface area contributed by atoms with Crippen LogP contribution in [0.5, 0.6) is 11.5 Å². The standard InChI is InChI=1S/C12H17N5O2.C5H8/c1-15-11(13)16-12(14)17(2)6-8-4-3-5-9-10(8)19-7-18-9;1-3-5-4-2/h3-5H,6-7H2,1-2H3,(H4,13,14,15,16);3-5H,1H2,2H3/b;5-4-. The van der Waals surface area contributed by atoms with Crippen LogP contribution in [0.3, 0.4) is 0 Å². The summed E-state index contributed by atoms with van der Waals surface area (Å²) in [5.41, 5.74) is 12.3. The lowest BCUT2D eigenvalue weighted by atomic mass is 10.2. The Morgan fingerprint density at radius 1 is 1.38 bits per heavy atom. The number of nitrogens with zero attached hydrogens (tertiary/aromatic N) is 3. The number of hydrogen-bond acceptors (Lipinski definition) is 3. The van der Waals surface area contributed by atoms with Crippen LogP contribution in [0.2, 0.25) is 0 Å². The maximum Gasteiger partial charge on any atom is 0.231 e. The molecule has 0 bridgehead atoms. The van der Waals surface area contributed by atoms with Gasteiger partial charge >= 0.3 is 0 Å². The highest BCUT2D eigenvalue weighted by atomic mass is 16.7. The van der Waals surface area contributed by atoms with E-state index in [1.165, 1.54) is 0 Å². The number of nitrogens with two attached hydrogens (primary N) is 2. The van der Waals surface area contributed by atoms with Gasteiger partial charge in [0, 0.05) is 26.2 Å². The lowest BCUT2D eigenvalue weighted by Gasteiger charge is -2.18. The summed E-state index contributed by atoms with van der Waals surface area (Å²) in [5, 5.41) is 0. The number of rotatable bonds is 3. The lowest BCUT2D eigenvalue weighted by Crippen LogP contribution is -2.35. The summed E-state index contributed by atoms with van der Waals surface area (Å²) in [6.45, 7) is 6.21. The van der Waals surface area contributed by atoms with Crippen molar-refractivity contribution in [1.29, 1.82) is 0 Å². The molecule has 7 heteroatoms. The van der Waals surface area contributed by atoms with E-state index in [2.05, 4.69) is 16.6 Å². The second kappa shape index (κ2) is 9.94. The number of hydrogen-bond donors (Lipinski definition) is 2. The van der Waals surface area contributed by atoms with Crippen molar-refractivity contribution in [2.24, 2.45) is 21.5 Å². The molecule has 0 fully saturated rings. The summed E-state index contributed by atoms with van der Waals surface area (Å²) in [4.78, 5) is 9.45. The maximum absolute atomic E-state index is 5.83. The van der Waals surface area contributed by atoms with Gasteiger partial charge in [0.15, 0.2) is 17.5 Å². The minimum Gasteiger partial charge on any atom is -0.454 e. The molecule has 0 radical (unpaired) electrons. The Labute approximate surface area is 143 Å². The van der Waals surface area contributed by atoms with Gasteiger partial charge < -0.3 is 25.8 Å². The van der Waals surface area contributed by atoms with E-state index in [1.807, 2.05) is 44.3 Å². The molecule has 1 aromatic carbocycles. The molecule has 0 amide bonds. The number of guanidine groups is 2. The first-order chi connectivity index (χ1) is 11.5. The number of allylic oxidation sites excluding steroid dienone is 3. The zero-order valence-electron chi connectivity index (χ0n) is 14.4. The molecular formula is C17H25N5O2. The second-order valence-electron chi connectivity index (χ2n) is 4.82. The zero-order chi connectivity index (χ0) is 17.9. The number of fused-ring (bicyclic) bond motifs is 1. The highest BCUT2D eigenvalue weighted by molar-refractivity contribution is 5.93. The molecular weight excluding hydrogens is 306 g/mol. The quantitative estimate of drug-likeness (QED) is 0.500. The van der Waals surface area contributed by atoms with Gasteiger partial charge in [-0.3, -0.25) is 4.99 Å². The summed E-state index contributed by atoms with van der Waals surface area (Å²) in [7, 11) is 3.37. The van der Waals surface area contributed by atoms with Crippen LogP contribution in [0.4, 0.5) is 0 Å². The average Bonchev–Trinajstić information content (AvgIpc) is 3.05. The Kier molecular flexibility index (Phi) is 7.90. The fourth-order valence-corrected chi connectivity index (χ4v) is 1.84. The van der Waals surface area contributed by atoms with Gasteiger partial charge in [0.1, 0.15) is 0 Å². The lowest BCUT2D eigenvalue weighted by molar-refractivity contribution is 0.173.